The first-order valence-corrected chi connectivity index (χ1v) is 9.14. The fraction of sp³-hybridized carbons (Fsp3) is 0.294. The third-order valence-electron chi connectivity index (χ3n) is 3.94. The Hall–Kier alpha value is -1.56. The highest BCUT2D eigenvalue weighted by atomic mass is 32.1. The Kier molecular flexibility index (Phi) is 3.78. The Balaban J connectivity index is 1.47. The van der Waals surface area contributed by atoms with Crippen LogP contribution in [-0.4, -0.2) is 21.4 Å². The van der Waals surface area contributed by atoms with Gasteiger partial charge in [0, 0.05) is 58.1 Å². The monoisotopic (exact) mass is 327 g/mol. The van der Waals surface area contributed by atoms with Crippen LogP contribution >= 0.6 is 22.7 Å². The van der Waals surface area contributed by atoms with E-state index in [0.717, 1.165) is 31.9 Å². The van der Waals surface area contributed by atoms with Gasteiger partial charge in [-0.25, -0.2) is 9.97 Å². The molecule has 1 aliphatic heterocycles. The van der Waals surface area contributed by atoms with Gasteiger partial charge in [0.1, 0.15) is 5.82 Å². The van der Waals surface area contributed by atoms with Gasteiger partial charge in [0.25, 0.3) is 0 Å². The Morgan fingerprint density at radius 2 is 2.18 bits per heavy atom. The van der Waals surface area contributed by atoms with E-state index in [0.29, 0.717) is 0 Å². The van der Waals surface area contributed by atoms with E-state index in [4.69, 9.17) is 0 Å². The highest BCUT2D eigenvalue weighted by molar-refractivity contribution is 7.21. The minimum Gasteiger partial charge on any atom is -0.293 e. The van der Waals surface area contributed by atoms with E-state index in [1.54, 1.807) is 0 Å². The van der Waals surface area contributed by atoms with Crippen LogP contribution in [0.25, 0.3) is 9.75 Å². The van der Waals surface area contributed by atoms with Gasteiger partial charge in [-0.1, -0.05) is 6.07 Å². The lowest BCUT2D eigenvalue weighted by molar-refractivity contribution is 0.245. The largest absolute Gasteiger partial charge is 0.293 e. The first-order valence-electron chi connectivity index (χ1n) is 7.44. The molecule has 0 amide bonds. The van der Waals surface area contributed by atoms with Crippen molar-refractivity contribution in [3.63, 3.8) is 0 Å². The molecule has 0 bridgehead atoms. The first-order chi connectivity index (χ1) is 10.8. The van der Waals surface area contributed by atoms with E-state index in [1.807, 2.05) is 35.8 Å². The van der Waals surface area contributed by atoms with Crippen molar-refractivity contribution in [2.75, 3.05) is 6.54 Å². The predicted molar refractivity (Wildman–Crippen MR) is 92.2 cm³/mol. The summed E-state index contributed by atoms with van der Waals surface area (Å²) in [6, 6.07) is 8.82. The van der Waals surface area contributed by atoms with Crippen LogP contribution in [0.15, 0.2) is 35.8 Å². The predicted octanol–water partition coefficient (Wildman–Crippen LogP) is 4.13. The Morgan fingerprint density at radius 3 is 3.05 bits per heavy atom. The molecule has 22 heavy (non-hydrogen) atoms. The van der Waals surface area contributed by atoms with Crippen LogP contribution in [0.2, 0.25) is 0 Å². The number of rotatable bonds is 3. The number of aryl methyl sites for hydroxylation is 1. The summed E-state index contributed by atoms with van der Waals surface area (Å²) in [4.78, 5) is 15.6. The summed E-state index contributed by atoms with van der Waals surface area (Å²) in [6.07, 6.45) is 3.02. The van der Waals surface area contributed by atoms with E-state index in [9.17, 15) is 0 Å². The molecule has 3 aromatic heterocycles. The van der Waals surface area contributed by atoms with Gasteiger partial charge in [0.05, 0.1) is 0 Å². The molecule has 3 nitrogen and oxygen atoms in total. The molecule has 0 unspecified atom stereocenters. The minimum atomic E-state index is 0.881. The van der Waals surface area contributed by atoms with Gasteiger partial charge in [-0.15, -0.1) is 22.7 Å². The van der Waals surface area contributed by atoms with Gasteiger partial charge in [-0.2, -0.15) is 0 Å². The molecular formula is C17H17N3S2. The van der Waals surface area contributed by atoms with Gasteiger partial charge in [-0.05, 0) is 30.5 Å². The standard InChI is InChI=1S/C17H17N3S2/c1-12-18-9-13-10-20(7-6-15(13)19-12)11-14-4-5-17(22-14)16-3-2-8-21-16/h2-5,8-9H,6-7,10-11H2,1H3. The van der Waals surface area contributed by atoms with Crippen LogP contribution in [0.4, 0.5) is 0 Å². The minimum absolute atomic E-state index is 0.881. The molecule has 0 N–H and O–H groups in total. The Morgan fingerprint density at radius 1 is 1.23 bits per heavy atom. The summed E-state index contributed by atoms with van der Waals surface area (Å²) in [5.74, 6) is 0.881. The zero-order valence-electron chi connectivity index (χ0n) is 12.5. The summed E-state index contributed by atoms with van der Waals surface area (Å²) >= 11 is 3.71. The van der Waals surface area contributed by atoms with Gasteiger partial charge in [0.15, 0.2) is 0 Å². The smallest absolute Gasteiger partial charge is 0.125 e. The molecule has 112 valence electrons. The average Bonchev–Trinajstić information content (AvgIpc) is 3.18. The normalized spacial score (nSPS) is 15.0. The van der Waals surface area contributed by atoms with E-state index in [-0.39, 0.29) is 0 Å². The van der Waals surface area contributed by atoms with Crippen molar-refractivity contribution < 1.29 is 0 Å². The van der Waals surface area contributed by atoms with Gasteiger partial charge >= 0.3 is 0 Å². The fourth-order valence-corrected chi connectivity index (χ4v) is 4.73. The van der Waals surface area contributed by atoms with Crippen molar-refractivity contribution >= 4 is 22.7 Å². The molecule has 1 aliphatic rings. The molecule has 0 radical (unpaired) electrons. The lowest BCUT2D eigenvalue weighted by atomic mass is 10.1. The SMILES string of the molecule is Cc1ncc2c(n1)CCN(Cc1ccc(-c3cccs3)s1)C2. The van der Waals surface area contributed by atoms with Gasteiger partial charge in [0.2, 0.25) is 0 Å². The van der Waals surface area contributed by atoms with Gasteiger partial charge in [-0.3, -0.25) is 4.90 Å². The summed E-state index contributed by atoms with van der Waals surface area (Å²) in [5.41, 5.74) is 2.51. The highest BCUT2D eigenvalue weighted by Gasteiger charge is 2.18. The molecule has 4 heterocycles. The number of hydrogen-bond donors (Lipinski definition) is 0. The van der Waals surface area contributed by atoms with Crippen LogP contribution < -0.4 is 0 Å². The van der Waals surface area contributed by atoms with Crippen molar-refractivity contribution in [2.45, 2.75) is 26.4 Å². The average molecular weight is 327 g/mol. The summed E-state index contributed by atoms with van der Waals surface area (Å²) in [6.45, 7) is 5.02. The Labute approximate surface area is 138 Å². The van der Waals surface area contributed by atoms with Crippen LogP contribution in [0.5, 0.6) is 0 Å². The summed E-state index contributed by atoms with van der Waals surface area (Å²) in [7, 11) is 0. The number of nitrogens with zero attached hydrogens (tertiary/aromatic N) is 3. The third kappa shape index (κ3) is 2.84. The zero-order valence-corrected chi connectivity index (χ0v) is 14.1. The molecule has 0 aromatic carbocycles. The van der Waals surface area contributed by atoms with Crippen molar-refractivity contribution in [1.29, 1.82) is 0 Å². The molecule has 0 fully saturated rings. The quantitative estimate of drug-likeness (QED) is 0.724. The molecule has 0 saturated carbocycles. The lowest BCUT2D eigenvalue weighted by Crippen LogP contribution is -2.30. The fourth-order valence-electron chi connectivity index (χ4n) is 2.84. The molecule has 3 aromatic rings. The molecule has 0 saturated heterocycles. The van der Waals surface area contributed by atoms with Crippen molar-refractivity contribution in [2.24, 2.45) is 0 Å². The topological polar surface area (TPSA) is 29.0 Å². The van der Waals surface area contributed by atoms with E-state index < -0.39 is 0 Å². The maximum absolute atomic E-state index is 4.56. The van der Waals surface area contributed by atoms with Crippen molar-refractivity contribution in [3.8, 4) is 9.75 Å². The number of thiophene rings is 2. The molecule has 5 heteroatoms. The van der Waals surface area contributed by atoms with Gasteiger partial charge < -0.3 is 0 Å². The molecular weight excluding hydrogens is 310 g/mol. The van der Waals surface area contributed by atoms with Crippen LogP contribution in [0, 0.1) is 6.92 Å². The van der Waals surface area contributed by atoms with E-state index in [2.05, 4.69) is 44.5 Å². The zero-order chi connectivity index (χ0) is 14.9. The molecule has 4 rings (SSSR count). The number of aromatic nitrogens is 2. The lowest BCUT2D eigenvalue weighted by Gasteiger charge is -2.27. The van der Waals surface area contributed by atoms with Crippen molar-refractivity contribution in [1.82, 2.24) is 14.9 Å². The second-order valence-electron chi connectivity index (χ2n) is 5.59. The Bertz CT molecular complexity index is 777. The maximum Gasteiger partial charge on any atom is 0.125 e. The number of fused-ring (bicyclic) bond motifs is 1. The number of hydrogen-bond acceptors (Lipinski definition) is 5. The first kappa shape index (κ1) is 14.1. The molecule has 0 atom stereocenters. The van der Waals surface area contributed by atoms with Crippen LogP contribution in [0.1, 0.15) is 22.0 Å². The van der Waals surface area contributed by atoms with Crippen LogP contribution in [0.3, 0.4) is 0 Å². The van der Waals surface area contributed by atoms with E-state index >= 15 is 0 Å². The molecule has 0 aliphatic carbocycles. The second kappa shape index (κ2) is 5.91. The third-order valence-corrected chi connectivity index (χ3v) is 6.07. The van der Waals surface area contributed by atoms with E-state index in [1.165, 1.54) is 25.9 Å². The summed E-state index contributed by atoms with van der Waals surface area (Å²) < 4.78 is 0. The maximum atomic E-state index is 4.56. The molecule has 0 spiro atoms. The second-order valence-corrected chi connectivity index (χ2v) is 7.71. The van der Waals surface area contributed by atoms with Crippen LogP contribution in [-0.2, 0) is 19.5 Å². The van der Waals surface area contributed by atoms with Crippen molar-refractivity contribution in [3.05, 3.63) is 57.8 Å². The highest BCUT2D eigenvalue weighted by Crippen LogP contribution is 2.32. The summed E-state index contributed by atoms with van der Waals surface area (Å²) in [5, 5.41) is 2.14.